The minimum absolute atomic E-state index is 0.358. The van der Waals surface area contributed by atoms with Gasteiger partial charge in [-0.25, -0.2) is 54.8 Å². The van der Waals surface area contributed by atoms with Gasteiger partial charge in [0.25, 0.3) is 0 Å². The van der Waals surface area contributed by atoms with E-state index in [9.17, 15) is 0 Å². The molecule has 0 amide bonds. The second-order valence-corrected chi connectivity index (χ2v) is 28.6. The lowest BCUT2D eigenvalue weighted by Crippen LogP contribution is -2.07. The van der Waals surface area contributed by atoms with E-state index in [1.165, 1.54) is 61.7 Å². The SMILES string of the molecule is CC.CC.CC.CC.CC.CC.CC.CC.Cc1cn(C2CCc3ccccc32)c2ncnc(N)c12.Cc1cn(C2CCc3ccccc32)c2ncnc(N)c12.Cc1cn(C2CCc3ccccc32)c2ncnc(N)c12.Cc1cn(C2CCc3ccccc32)c2ncnc(N)c12.c1ccc2[nH]ccc2c1.c1ccc2[nH]ncc2c1.c1cnc2[nH]ccc2c1.c1cncnc1. The summed E-state index contributed by atoms with van der Waals surface area (Å²) in [5, 5.41) is 14.3. The van der Waals surface area contributed by atoms with Gasteiger partial charge in [-0.3, -0.25) is 5.10 Å². The van der Waals surface area contributed by atoms with Crippen LogP contribution in [-0.2, 0) is 25.7 Å². The van der Waals surface area contributed by atoms with Crippen LogP contribution in [0.1, 0.15) is 227 Å². The molecule has 19 aromatic rings. The van der Waals surface area contributed by atoms with Gasteiger partial charge in [0.2, 0.25) is 0 Å². The second kappa shape index (κ2) is 52.0. The van der Waals surface area contributed by atoms with Crippen molar-refractivity contribution in [1.29, 1.82) is 0 Å². The molecule has 0 saturated heterocycles. The Hall–Kier alpha value is -14.2. The van der Waals surface area contributed by atoms with Crippen LogP contribution in [0.4, 0.5) is 23.3 Å². The number of anilines is 4. The van der Waals surface area contributed by atoms with Gasteiger partial charge in [0, 0.05) is 72.1 Å². The lowest BCUT2D eigenvalue weighted by atomic mass is 10.1. The summed E-state index contributed by atoms with van der Waals surface area (Å²) in [6.07, 6.45) is 36.1. The Bertz CT molecular complexity index is 5660. The zero-order valence-corrected chi connectivity index (χ0v) is 79.3. The molecule has 4 unspecified atom stereocenters. The fraction of sp³-hybridized carbons (Fsp3) is 0.302. The zero-order valence-electron chi connectivity index (χ0n) is 79.3. The van der Waals surface area contributed by atoms with Crippen molar-refractivity contribution in [2.75, 3.05) is 22.9 Å². The van der Waals surface area contributed by atoms with Crippen molar-refractivity contribution in [2.24, 2.45) is 0 Å². The van der Waals surface area contributed by atoms with Crippen LogP contribution in [0.3, 0.4) is 0 Å². The van der Waals surface area contributed by atoms with Gasteiger partial charge in [-0.15, -0.1) is 0 Å². The Kier molecular flexibility index (Phi) is 40.4. The first-order chi connectivity index (χ1) is 63.4. The van der Waals surface area contributed by atoms with Crippen LogP contribution in [0, 0.1) is 27.7 Å². The van der Waals surface area contributed by atoms with E-state index in [-0.39, 0.29) is 0 Å². The standard InChI is InChI=1S/4C16H16N4.C8H7N.2C7H6N2.C4H4N2.8C2H6/c4*1-10-8-20(16-14(10)15(17)18-9-19-16)13-7-6-11-4-2-3-5-12(11)13;1-2-4-8-7(3-1)5-6-9-8;1-2-6-3-5-9-7(6)8-4-1;1-2-4-7-6(3-1)5-8-9-7;1-2-5-4-6-3-1;8*1-2/h4*2-5,8-9,13H,6-7H2,1H3,(H2,17,18,19);1-6,9H;2*1-5H,(H,8,9);1-4H;8*1-2H3. The Balaban J connectivity index is 0.000000182. The molecule has 13 aromatic heterocycles. The number of aromatic nitrogens is 19. The maximum Gasteiger partial charge on any atom is 0.146 e. The number of nitrogen functional groups attached to an aromatic ring is 4. The van der Waals surface area contributed by atoms with E-state index < -0.39 is 0 Å². The summed E-state index contributed by atoms with van der Waals surface area (Å²) in [6, 6.07) is 62.1. The number of para-hydroxylation sites is 2. The average molecular weight is 1730 g/mol. The molecule has 6 aromatic carbocycles. The summed E-state index contributed by atoms with van der Waals surface area (Å²) < 4.78 is 9.03. The summed E-state index contributed by atoms with van der Waals surface area (Å²) in [7, 11) is 0. The molecule has 13 heterocycles. The molecule has 0 aliphatic heterocycles. The molecule has 23 heteroatoms. The zero-order chi connectivity index (χ0) is 93.3. The van der Waals surface area contributed by atoms with Crippen molar-refractivity contribution >= 4 is 100 Å². The maximum atomic E-state index is 6.00. The minimum Gasteiger partial charge on any atom is -0.383 e. The topological polar surface area (TPSA) is 326 Å². The van der Waals surface area contributed by atoms with Crippen molar-refractivity contribution in [2.45, 2.75) is 214 Å². The van der Waals surface area contributed by atoms with E-state index in [1.54, 1.807) is 50.0 Å². The molecule has 23 nitrogen and oxygen atoms in total. The van der Waals surface area contributed by atoms with Crippen LogP contribution in [0.2, 0.25) is 0 Å². The number of pyridine rings is 1. The largest absolute Gasteiger partial charge is 0.383 e. The summed E-state index contributed by atoms with van der Waals surface area (Å²) in [6.45, 7) is 40.3. The molecule has 0 fully saturated rings. The predicted octanol–water partition coefficient (Wildman–Crippen LogP) is 25.4. The van der Waals surface area contributed by atoms with Gasteiger partial charge < -0.3 is 51.2 Å². The molecule has 0 radical (unpaired) electrons. The average Bonchev–Trinajstić information content (AvgIpc) is 1.63. The number of hydrogen-bond acceptors (Lipinski definition) is 16. The molecule has 4 aliphatic rings. The lowest BCUT2D eigenvalue weighted by Gasteiger charge is -2.15. The van der Waals surface area contributed by atoms with Crippen LogP contribution >= 0.6 is 0 Å². The first-order valence-corrected chi connectivity index (χ1v) is 46.0. The molecule has 674 valence electrons. The van der Waals surface area contributed by atoms with Crippen molar-refractivity contribution in [1.82, 2.24) is 93.3 Å². The summed E-state index contributed by atoms with van der Waals surface area (Å²) >= 11 is 0. The number of nitrogens with one attached hydrogen (secondary N) is 3. The highest BCUT2D eigenvalue weighted by molar-refractivity contribution is 5.92. The van der Waals surface area contributed by atoms with Crippen molar-refractivity contribution in [3.05, 3.63) is 336 Å². The highest BCUT2D eigenvalue weighted by Crippen LogP contribution is 2.42. The highest BCUT2D eigenvalue weighted by atomic mass is 15.1. The first kappa shape index (κ1) is 100. The maximum absolute atomic E-state index is 6.00. The predicted molar refractivity (Wildman–Crippen MR) is 542 cm³/mol. The van der Waals surface area contributed by atoms with E-state index >= 15 is 0 Å². The molecular weight excluding hydrogens is 1600 g/mol. The van der Waals surface area contributed by atoms with Crippen molar-refractivity contribution < 1.29 is 0 Å². The van der Waals surface area contributed by atoms with E-state index in [0.29, 0.717) is 47.4 Å². The third-order valence-electron chi connectivity index (χ3n) is 21.7. The third kappa shape index (κ3) is 24.1. The van der Waals surface area contributed by atoms with Gasteiger partial charge in [0.15, 0.2) is 0 Å². The number of hydrogen-bond donors (Lipinski definition) is 7. The number of nitrogens with two attached hydrogens (primary N) is 4. The molecule has 4 aliphatic carbocycles. The molecule has 23 rings (SSSR count). The summed E-state index contributed by atoms with van der Waals surface area (Å²) in [5.41, 5.74) is 47.0. The Morgan fingerprint density at radius 3 is 0.907 bits per heavy atom. The quantitative estimate of drug-likeness (QED) is 0.0861. The number of rotatable bonds is 4. The molecular formula is C106H135N23. The molecule has 0 saturated carbocycles. The van der Waals surface area contributed by atoms with Gasteiger partial charge in [0.05, 0.1) is 57.4 Å². The molecule has 129 heavy (non-hydrogen) atoms. The monoisotopic (exact) mass is 1730 g/mol. The van der Waals surface area contributed by atoms with E-state index in [1.807, 2.05) is 184 Å². The van der Waals surface area contributed by atoms with Crippen LogP contribution in [-0.4, -0.2) is 93.3 Å². The number of benzene rings is 6. The number of fused-ring (bicyclic) bond motifs is 11. The van der Waals surface area contributed by atoms with E-state index in [0.717, 1.165) is 140 Å². The first-order valence-electron chi connectivity index (χ1n) is 46.0. The Labute approximate surface area is 762 Å². The number of aryl methyl sites for hydroxylation is 8. The Morgan fingerprint density at radius 1 is 0.287 bits per heavy atom. The highest BCUT2D eigenvalue weighted by Gasteiger charge is 2.30. The van der Waals surface area contributed by atoms with Crippen LogP contribution in [0.5, 0.6) is 0 Å². The van der Waals surface area contributed by atoms with Gasteiger partial charge in [-0.05, 0) is 194 Å². The third-order valence-corrected chi connectivity index (χ3v) is 21.7. The van der Waals surface area contributed by atoms with Crippen LogP contribution in [0.15, 0.2) is 270 Å². The fourth-order valence-corrected chi connectivity index (χ4v) is 16.5. The minimum atomic E-state index is 0.358. The van der Waals surface area contributed by atoms with Crippen molar-refractivity contribution in [3.63, 3.8) is 0 Å². The van der Waals surface area contributed by atoms with Crippen LogP contribution < -0.4 is 22.9 Å². The van der Waals surface area contributed by atoms with E-state index in [2.05, 4.69) is 261 Å². The van der Waals surface area contributed by atoms with E-state index in [4.69, 9.17) is 22.9 Å². The molecule has 11 N–H and O–H groups in total. The summed E-state index contributed by atoms with van der Waals surface area (Å²) in [5.74, 6) is 2.27. The number of nitrogens with zero attached hydrogens (tertiary/aromatic N) is 16. The van der Waals surface area contributed by atoms with Crippen LogP contribution in [0.25, 0.3) is 77.0 Å². The molecule has 0 spiro atoms. The summed E-state index contributed by atoms with van der Waals surface area (Å²) in [4.78, 5) is 51.8. The fourth-order valence-electron chi connectivity index (χ4n) is 16.5. The smallest absolute Gasteiger partial charge is 0.146 e. The van der Waals surface area contributed by atoms with Gasteiger partial charge in [-0.2, -0.15) is 5.10 Å². The van der Waals surface area contributed by atoms with Crippen molar-refractivity contribution in [3.8, 4) is 0 Å². The van der Waals surface area contributed by atoms with Gasteiger partial charge in [-0.1, -0.05) is 244 Å². The number of H-pyrrole nitrogens is 3. The van der Waals surface area contributed by atoms with Gasteiger partial charge >= 0.3 is 0 Å². The normalized spacial score (nSPS) is 13.8. The number of aromatic amines is 3. The lowest BCUT2D eigenvalue weighted by molar-refractivity contribution is 0.594. The Morgan fingerprint density at radius 2 is 0.589 bits per heavy atom. The second-order valence-electron chi connectivity index (χ2n) is 28.6. The molecule has 4 atom stereocenters. The van der Waals surface area contributed by atoms with Gasteiger partial charge in [0.1, 0.15) is 83.1 Å². The molecule has 0 bridgehead atoms.